The first-order chi connectivity index (χ1) is 20.2. The lowest BCUT2D eigenvalue weighted by molar-refractivity contribution is -0.154. The maximum Gasteiger partial charge on any atom is 0.306 e. The minimum absolute atomic E-state index is 0.177. The van der Waals surface area contributed by atoms with Crippen LogP contribution in [0.2, 0.25) is 0 Å². The molecular formula is C37H68O4. The van der Waals surface area contributed by atoms with E-state index in [0.717, 1.165) is 32.1 Å². The topological polar surface area (TPSA) is 55.8 Å². The number of rotatable bonds is 32. The summed E-state index contributed by atoms with van der Waals surface area (Å²) in [5.74, 6) is -0.215. The van der Waals surface area contributed by atoms with Crippen molar-refractivity contribution >= 4 is 5.97 Å². The summed E-state index contributed by atoms with van der Waals surface area (Å²) in [6, 6.07) is 0. The van der Waals surface area contributed by atoms with E-state index < -0.39 is 6.10 Å². The number of hydrogen-bond donors (Lipinski definition) is 1. The van der Waals surface area contributed by atoms with Crippen LogP contribution in [-0.2, 0) is 14.3 Å². The molecule has 4 nitrogen and oxygen atoms in total. The summed E-state index contributed by atoms with van der Waals surface area (Å²) >= 11 is 0. The molecule has 0 saturated heterocycles. The van der Waals surface area contributed by atoms with Gasteiger partial charge < -0.3 is 14.6 Å². The quantitative estimate of drug-likeness (QED) is 0.0491. The highest BCUT2D eigenvalue weighted by molar-refractivity contribution is 5.69. The molecule has 1 atom stereocenters. The van der Waals surface area contributed by atoms with Crippen molar-refractivity contribution in [3.63, 3.8) is 0 Å². The molecule has 0 amide bonds. The summed E-state index contributed by atoms with van der Waals surface area (Å²) in [6.07, 6.45) is 41.8. The maximum atomic E-state index is 12.1. The van der Waals surface area contributed by atoms with Gasteiger partial charge in [0.05, 0.1) is 13.2 Å². The van der Waals surface area contributed by atoms with Gasteiger partial charge in [-0.1, -0.05) is 134 Å². The van der Waals surface area contributed by atoms with Gasteiger partial charge in [-0.05, 0) is 64.2 Å². The Morgan fingerprint density at radius 1 is 0.585 bits per heavy atom. The number of ether oxygens (including phenoxy) is 2. The third-order valence-corrected chi connectivity index (χ3v) is 7.44. The zero-order valence-corrected chi connectivity index (χ0v) is 27.3. The fourth-order valence-electron chi connectivity index (χ4n) is 4.75. The first-order valence-corrected chi connectivity index (χ1v) is 17.6. The van der Waals surface area contributed by atoms with Gasteiger partial charge in [0.15, 0.2) is 0 Å². The van der Waals surface area contributed by atoms with Crippen molar-refractivity contribution in [2.24, 2.45) is 0 Å². The van der Waals surface area contributed by atoms with Gasteiger partial charge in [-0.2, -0.15) is 0 Å². The molecule has 0 rings (SSSR count). The van der Waals surface area contributed by atoms with E-state index in [1.807, 2.05) is 0 Å². The van der Waals surface area contributed by atoms with E-state index in [-0.39, 0.29) is 19.2 Å². The number of allylic oxidation sites excluding steroid dienone is 6. The molecule has 41 heavy (non-hydrogen) atoms. The van der Waals surface area contributed by atoms with E-state index in [2.05, 4.69) is 50.3 Å². The van der Waals surface area contributed by atoms with Gasteiger partial charge in [0, 0.05) is 13.0 Å². The highest BCUT2D eigenvalue weighted by Gasteiger charge is 2.13. The molecule has 0 saturated carbocycles. The number of carbonyl (C=O) groups is 1. The summed E-state index contributed by atoms with van der Waals surface area (Å²) in [5.41, 5.74) is 0. The smallest absolute Gasteiger partial charge is 0.306 e. The Labute approximate surface area is 255 Å². The molecule has 1 N–H and O–H groups in total. The van der Waals surface area contributed by atoms with E-state index in [0.29, 0.717) is 13.0 Å². The lowest BCUT2D eigenvalue weighted by Gasteiger charge is -2.15. The standard InChI is InChI=1S/C37H68O4/c1-3-5-7-9-11-13-15-16-17-18-19-20-21-23-25-27-29-31-33-40-35-36(34-38)41-37(39)32-30-28-26-24-22-14-12-10-8-6-4-2/h10-13,16-17,36,38H,3-9,14-15,18-35H2,1-2H3/b12-10-,13-11-,17-16-. The van der Waals surface area contributed by atoms with E-state index in [9.17, 15) is 9.90 Å². The summed E-state index contributed by atoms with van der Waals surface area (Å²) in [7, 11) is 0. The van der Waals surface area contributed by atoms with Crippen LogP contribution in [0.25, 0.3) is 0 Å². The molecule has 0 aromatic rings. The molecule has 0 aliphatic carbocycles. The van der Waals surface area contributed by atoms with Gasteiger partial charge in [0.25, 0.3) is 0 Å². The Hall–Kier alpha value is -1.39. The normalized spacial score (nSPS) is 12.8. The van der Waals surface area contributed by atoms with E-state index >= 15 is 0 Å². The highest BCUT2D eigenvalue weighted by atomic mass is 16.6. The van der Waals surface area contributed by atoms with Gasteiger partial charge in [0.2, 0.25) is 0 Å². The van der Waals surface area contributed by atoms with Crippen LogP contribution in [0.5, 0.6) is 0 Å². The van der Waals surface area contributed by atoms with Crippen molar-refractivity contribution < 1.29 is 19.4 Å². The van der Waals surface area contributed by atoms with Gasteiger partial charge in [-0.3, -0.25) is 4.79 Å². The molecule has 0 aromatic carbocycles. The van der Waals surface area contributed by atoms with E-state index in [4.69, 9.17) is 9.47 Å². The number of unbranched alkanes of at least 4 members (excludes halogenated alkanes) is 18. The minimum atomic E-state index is -0.538. The fraction of sp³-hybridized carbons (Fsp3) is 0.811. The Morgan fingerprint density at radius 2 is 1.05 bits per heavy atom. The Bertz CT molecular complexity index is 610. The molecule has 4 heteroatoms. The Kier molecular flexibility index (Phi) is 33.6. The van der Waals surface area contributed by atoms with Crippen LogP contribution < -0.4 is 0 Å². The van der Waals surface area contributed by atoms with Gasteiger partial charge in [-0.15, -0.1) is 0 Å². The molecule has 0 fully saturated rings. The van der Waals surface area contributed by atoms with Crippen LogP contribution in [0.3, 0.4) is 0 Å². The highest BCUT2D eigenvalue weighted by Crippen LogP contribution is 2.12. The average Bonchev–Trinajstić information content (AvgIpc) is 2.98. The van der Waals surface area contributed by atoms with Crippen LogP contribution in [-0.4, -0.2) is 37.0 Å². The minimum Gasteiger partial charge on any atom is -0.457 e. The number of aliphatic hydroxyl groups is 1. The molecule has 0 heterocycles. The molecule has 240 valence electrons. The van der Waals surface area contributed by atoms with Crippen LogP contribution in [0.1, 0.15) is 168 Å². The average molecular weight is 577 g/mol. The predicted octanol–water partition coefficient (Wildman–Crippen LogP) is 11.0. The molecule has 0 bridgehead atoms. The number of hydrogen-bond acceptors (Lipinski definition) is 4. The predicted molar refractivity (Wildman–Crippen MR) is 177 cm³/mol. The molecule has 0 aliphatic rings. The first kappa shape index (κ1) is 39.6. The second kappa shape index (κ2) is 34.8. The first-order valence-electron chi connectivity index (χ1n) is 17.6. The lowest BCUT2D eigenvalue weighted by Crippen LogP contribution is -2.27. The molecule has 0 aliphatic heterocycles. The third-order valence-electron chi connectivity index (χ3n) is 7.44. The summed E-state index contributed by atoms with van der Waals surface area (Å²) in [6.45, 7) is 5.26. The zero-order chi connectivity index (χ0) is 29.9. The summed E-state index contributed by atoms with van der Waals surface area (Å²) < 4.78 is 11.1. The van der Waals surface area contributed by atoms with E-state index in [1.165, 1.54) is 116 Å². The van der Waals surface area contributed by atoms with Crippen LogP contribution in [0.15, 0.2) is 36.5 Å². The van der Waals surface area contributed by atoms with Crippen molar-refractivity contribution in [1.29, 1.82) is 0 Å². The molecule has 0 radical (unpaired) electrons. The van der Waals surface area contributed by atoms with Crippen molar-refractivity contribution in [2.75, 3.05) is 19.8 Å². The van der Waals surface area contributed by atoms with Crippen LogP contribution in [0.4, 0.5) is 0 Å². The Balaban J connectivity index is 3.45. The molecular weight excluding hydrogens is 508 g/mol. The SMILES string of the molecule is CCCC/C=C\CCCCCCCC(=O)OC(CO)COCCCCCCCCCC/C=C\C/C=C\CCCCC. The van der Waals surface area contributed by atoms with Crippen molar-refractivity contribution in [3.05, 3.63) is 36.5 Å². The second-order valence-electron chi connectivity index (χ2n) is 11.6. The van der Waals surface area contributed by atoms with E-state index in [1.54, 1.807) is 0 Å². The monoisotopic (exact) mass is 577 g/mol. The third kappa shape index (κ3) is 33.0. The van der Waals surface area contributed by atoms with Crippen molar-refractivity contribution in [2.45, 2.75) is 174 Å². The Morgan fingerprint density at radius 3 is 1.61 bits per heavy atom. The lowest BCUT2D eigenvalue weighted by atomic mass is 10.1. The summed E-state index contributed by atoms with van der Waals surface area (Å²) in [4.78, 5) is 12.1. The summed E-state index contributed by atoms with van der Waals surface area (Å²) in [5, 5.41) is 9.52. The maximum absolute atomic E-state index is 12.1. The molecule has 0 spiro atoms. The number of esters is 1. The number of carbonyl (C=O) groups excluding carboxylic acids is 1. The van der Waals surface area contributed by atoms with Gasteiger partial charge in [0.1, 0.15) is 6.10 Å². The largest absolute Gasteiger partial charge is 0.457 e. The molecule has 1 unspecified atom stereocenters. The fourth-order valence-corrected chi connectivity index (χ4v) is 4.75. The van der Waals surface area contributed by atoms with Crippen molar-refractivity contribution in [3.8, 4) is 0 Å². The van der Waals surface area contributed by atoms with Gasteiger partial charge >= 0.3 is 5.97 Å². The molecule has 0 aromatic heterocycles. The number of aliphatic hydroxyl groups excluding tert-OH is 1. The van der Waals surface area contributed by atoms with Crippen LogP contribution >= 0.6 is 0 Å². The van der Waals surface area contributed by atoms with Gasteiger partial charge in [-0.25, -0.2) is 0 Å². The van der Waals surface area contributed by atoms with Crippen molar-refractivity contribution in [1.82, 2.24) is 0 Å². The second-order valence-corrected chi connectivity index (χ2v) is 11.6. The van der Waals surface area contributed by atoms with Crippen LogP contribution in [0, 0.1) is 0 Å². The zero-order valence-electron chi connectivity index (χ0n) is 27.3.